The van der Waals surface area contributed by atoms with Crippen LogP contribution >= 0.6 is 0 Å². The van der Waals surface area contributed by atoms with E-state index < -0.39 is 11.5 Å². The van der Waals surface area contributed by atoms with Gasteiger partial charge in [0, 0.05) is 30.9 Å². The van der Waals surface area contributed by atoms with Crippen molar-refractivity contribution < 1.29 is 9.21 Å². The van der Waals surface area contributed by atoms with Crippen LogP contribution in [0.3, 0.4) is 0 Å². The average Bonchev–Trinajstić information content (AvgIpc) is 2.60. The second-order valence-electron chi connectivity index (χ2n) is 6.53. The zero-order valence-electron chi connectivity index (χ0n) is 14.6. The molecule has 0 spiro atoms. The van der Waals surface area contributed by atoms with E-state index in [-0.39, 0.29) is 11.5 Å². The van der Waals surface area contributed by atoms with Crippen molar-refractivity contribution in [2.24, 2.45) is 0 Å². The molecule has 1 atom stereocenters. The van der Waals surface area contributed by atoms with Crippen molar-refractivity contribution in [3.8, 4) is 0 Å². The zero-order chi connectivity index (χ0) is 17.8. The fraction of sp³-hybridized carbons (Fsp3) is 0.421. The van der Waals surface area contributed by atoms with E-state index in [1.165, 1.54) is 0 Å². The van der Waals surface area contributed by atoms with Crippen molar-refractivity contribution in [3.63, 3.8) is 0 Å². The number of carbonyl (C=O) groups excluding carboxylic acids is 1. The third-order valence-corrected chi connectivity index (χ3v) is 4.51. The lowest BCUT2D eigenvalue weighted by Crippen LogP contribution is -2.31. The number of piperidine rings is 1. The van der Waals surface area contributed by atoms with Crippen molar-refractivity contribution in [2.45, 2.75) is 39.2 Å². The van der Waals surface area contributed by atoms with Crippen LogP contribution in [0.1, 0.15) is 51.7 Å². The summed E-state index contributed by atoms with van der Waals surface area (Å²) in [5.74, 6) is 0.446. The quantitative estimate of drug-likeness (QED) is 0.889. The molecular formula is C19H23N3O3. The minimum Gasteiger partial charge on any atom is -0.427 e. The second kappa shape index (κ2) is 7.61. The Morgan fingerprint density at radius 3 is 2.92 bits per heavy atom. The first-order valence-electron chi connectivity index (χ1n) is 8.59. The Morgan fingerprint density at radius 2 is 2.24 bits per heavy atom. The van der Waals surface area contributed by atoms with Gasteiger partial charge in [-0.05, 0) is 62.6 Å². The fourth-order valence-electron chi connectivity index (χ4n) is 3.19. The molecule has 1 aliphatic rings. The van der Waals surface area contributed by atoms with Gasteiger partial charge in [-0.3, -0.25) is 9.78 Å². The van der Waals surface area contributed by atoms with Gasteiger partial charge >= 0.3 is 5.63 Å². The van der Waals surface area contributed by atoms with Crippen molar-refractivity contribution in [3.05, 3.63) is 63.0 Å². The number of aryl methyl sites for hydroxylation is 2. The van der Waals surface area contributed by atoms with Crippen LogP contribution in [0.2, 0.25) is 0 Å². The number of hydrogen-bond acceptors (Lipinski definition) is 5. The maximum absolute atomic E-state index is 12.4. The van der Waals surface area contributed by atoms with Gasteiger partial charge in [-0.2, -0.15) is 0 Å². The topological polar surface area (TPSA) is 84.2 Å². The number of pyridine rings is 1. The van der Waals surface area contributed by atoms with Crippen molar-refractivity contribution in [1.82, 2.24) is 15.6 Å². The molecule has 25 heavy (non-hydrogen) atoms. The lowest BCUT2D eigenvalue weighted by atomic mass is 9.95. The van der Waals surface area contributed by atoms with Crippen molar-refractivity contribution >= 4 is 5.91 Å². The number of nitrogens with zero attached hydrogens (tertiary/aromatic N) is 1. The first-order valence-corrected chi connectivity index (χ1v) is 8.59. The summed E-state index contributed by atoms with van der Waals surface area (Å²) >= 11 is 0. The Bertz CT molecular complexity index is 823. The summed E-state index contributed by atoms with van der Waals surface area (Å²) in [6.45, 7) is 5.81. The summed E-state index contributed by atoms with van der Waals surface area (Å²) in [5, 5.41) is 6.09. The molecular weight excluding hydrogens is 318 g/mol. The lowest BCUT2D eigenvalue weighted by molar-refractivity contribution is 0.0945. The molecule has 1 saturated heterocycles. The van der Waals surface area contributed by atoms with Crippen LogP contribution in [0.4, 0.5) is 0 Å². The Hall–Kier alpha value is -2.47. The van der Waals surface area contributed by atoms with E-state index in [9.17, 15) is 9.59 Å². The molecule has 0 saturated carbocycles. The van der Waals surface area contributed by atoms with Gasteiger partial charge in [-0.1, -0.05) is 0 Å². The highest BCUT2D eigenvalue weighted by Gasteiger charge is 2.22. The number of hydrogen-bond donors (Lipinski definition) is 2. The Labute approximate surface area is 146 Å². The molecule has 0 aromatic carbocycles. The molecule has 6 nitrogen and oxygen atoms in total. The molecule has 0 bridgehead atoms. The van der Waals surface area contributed by atoms with Gasteiger partial charge in [0.15, 0.2) is 0 Å². The largest absolute Gasteiger partial charge is 0.427 e. The van der Waals surface area contributed by atoms with Gasteiger partial charge in [-0.15, -0.1) is 0 Å². The minimum absolute atomic E-state index is 0.0818. The normalized spacial score (nSPS) is 17.3. The zero-order valence-corrected chi connectivity index (χ0v) is 14.6. The molecule has 0 aliphatic carbocycles. The third-order valence-electron chi connectivity index (χ3n) is 4.51. The van der Waals surface area contributed by atoms with E-state index in [2.05, 4.69) is 15.6 Å². The van der Waals surface area contributed by atoms with Crippen LogP contribution in [-0.4, -0.2) is 24.0 Å². The molecule has 2 aromatic rings. The summed E-state index contributed by atoms with van der Waals surface area (Å²) in [6, 6.07) is 5.56. The Balaban J connectivity index is 1.75. The number of carbonyl (C=O) groups is 1. The van der Waals surface area contributed by atoms with E-state index in [1.807, 2.05) is 25.1 Å². The standard InChI is InChI=1S/C19H23N3O3/c1-12-8-16(15-4-3-6-20-11-15)25-19(24)17(12)18(23)22-10-14-5-7-21-13(2)9-14/h5,7-9,15,20H,3-4,6,10-11H2,1-2H3,(H,22,23). The molecule has 6 heteroatoms. The van der Waals surface area contributed by atoms with Crippen molar-refractivity contribution in [2.75, 3.05) is 13.1 Å². The van der Waals surface area contributed by atoms with Crippen LogP contribution in [0.15, 0.2) is 33.6 Å². The summed E-state index contributed by atoms with van der Waals surface area (Å²) in [5.41, 5.74) is 1.99. The predicted octanol–water partition coefficient (Wildman–Crippen LogP) is 2.05. The smallest absolute Gasteiger partial charge is 0.349 e. The molecule has 3 heterocycles. The van der Waals surface area contributed by atoms with Crippen LogP contribution in [0, 0.1) is 13.8 Å². The molecule has 1 aliphatic heterocycles. The molecule has 2 N–H and O–H groups in total. The fourth-order valence-corrected chi connectivity index (χ4v) is 3.19. The van der Waals surface area contributed by atoms with Gasteiger partial charge in [0.05, 0.1) is 0 Å². The van der Waals surface area contributed by atoms with Crippen LogP contribution < -0.4 is 16.3 Å². The number of amides is 1. The predicted molar refractivity (Wildman–Crippen MR) is 94.7 cm³/mol. The summed E-state index contributed by atoms with van der Waals surface area (Å²) < 4.78 is 5.45. The van der Waals surface area contributed by atoms with E-state index >= 15 is 0 Å². The van der Waals surface area contributed by atoms with E-state index in [0.29, 0.717) is 17.9 Å². The summed E-state index contributed by atoms with van der Waals surface area (Å²) in [4.78, 5) is 28.9. The molecule has 1 fully saturated rings. The molecule has 3 rings (SSSR count). The molecule has 1 amide bonds. The molecule has 0 radical (unpaired) electrons. The van der Waals surface area contributed by atoms with E-state index in [1.54, 1.807) is 13.1 Å². The van der Waals surface area contributed by atoms with E-state index in [0.717, 1.165) is 37.2 Å². The highest BCUT2D eigenvalue weighted by Crippen LogP contribution is 2.23. The first kappa shape index (κ1) is 17.4. The SMILES string of the molecule is Cc1cc(CNC(=O)c2c(C)cc(C3CCCNC3)oc2=O)ccn1. The maximum Gasteiger partial charge on any atom is 0.349 e. The Morgan fingerprint density at radius 1 is 1.40 bits per heavy atom. The highest BCUT2D eigenvalue weighted by atomic mass is 16.4. The molecule has 2 aromatic heterocycles. The van der Waals surface area contributed by atoms with Crippen LogP contribution in [0.25, 0.3) is 0 Å². The average molecular weight is 341 g/mol. The van der Waals surface area contributed by atoms with Gasteiger partial charge in [0.25, 0.3) is 5.91 Å². The third kappa shape index (κ3) is 4.14. The van der Waals surface area contributed by atoms with Gasteiger partial charge in [0.2, 0.25) is 0 Å². The van der Waals surface area contributed by atoms with E-state index in [4.69, 9.17) is 4.42 Å². The van der Waals surface area contributed by atoms with Gasteiger partial charge in [-0.25, -0.2) is 4.79 Å². The summed E-state index contributed by atoms with van der Waals surface area (Å²) in [7, 11) is 0. The van der Waals surface area contributed by atoms with Crippen LogP contribution in [-0.2, 0) is 6.54 Å². The minimum atomic E-state index is -0.566. The van der Waals surface area contributed by atoms with Gasteiger partial charge in [0.1, 0.15) is 11.3 Å². The highest BCUT2D eigenvalue weighted by molar-refractivity contribution is 5.95. The van der Waals surface area contributed by atoms with Gasteiger partial charge < -0.3 is 15.1 Å². The van der Waals surface area contributed by atoms with Crippen molar-refractivity contribution in [1.29, 1.82) is 0 Å². The maximum atomic E-state index is 12.4. The summed E-state index contributed by atoms with van der Waals surface area (Å²) in [6.07, 6.45) is 3.74. The molecule has 132 valence electrons. The lowest BCUT2D eigenvalue weighted by Gasteiger charge is -2.22. The number of nitrogens with one attached hydrogen (secondary N) is 2. The first-order chi connectivity index (χ1) is 12.0. The Kier molecular flexibility index (Phi) is 5.28. The number of rotatable bonds is 4. The molecule has 1 unspecified atom stereocenters. The monoisotopic (exact) mass is 341 g/mol. The number of aromatic nitrogens is 1. The van der Waals surface area contributed by atoms with Crippen LogP contribution in [0.5, 0.6) is 0 Å². The second-order valence-corrected chi connectivity index (χ2v) is 6.53.